The Hall–Kier alpha value is -4.24. The zero-order chi connectivity index (χ0) is 21.0. The number of rotatable bonds is 4. The van der Waals surface area contributed by atoms with Crippen LogP contribution in [0.25, 0.3) is 16.9 Å². The molecule has 9 heteroatoms. The van der Waals surface area contributed by atoms with Gasteiger partial charge in [-0.05, 0) is 43.3 Å². The third-order valence-electron chi connectivity index (χ3n) is 3.77. The van der Waals surface area contributed by atoms with Gasteiger partial charge in [0.2, 0.25) is 5.88 Å². The van der Waals surface area contributed by atoms with E-state index < -0.39 is 17.8 Å². The number of carbonyl (C=O) groups excluding carboxylic acids is 1. The molecule has 0 amide bonds. The molecular formula is C20H12F2N4O3. The van der Waals surface area contributed by atoms with E-state index in [0.29, 0.717) is 0 Å². The average Bonchev–Trinajstić information content (AvgIpc) is 3.11. The Morgan fingerprint density at radius 1 is 1.14 bits per heavy atom. The third kappa shape index (κ3) is 4.20. The van der Waals surface area contributed by atoms with Crippen LogP contribution in [-0.4, -0.2) is 22.5 Å². The molecule has 3 rings (SSSR count). The van der Waals surface area contributed by atoms with Crippen molar-refractivity contribution in [3.05, 3.63) is 65.2 Å². The Bertz CT molecular complexity index is 1180. The second kappa shape index (κ2) is 8.19. The number of carbonyl (C=O) groups is 1. The summed E-state index contributed by atoms with van der Waals surface area (Å²) in [5, 5.41) is 22.3. The van der Waals surface area contributed by atoms with Crippen molar-refractivity contribution in [1.29, 1.82) is 10.5 Å². The lowest BCUT2D eigenvalue weighted by Crippen LogP contribution is -2.10. The number of nitrogens with zero attached hydrogens (tertiary/aromatic N) is 4. The van der Waals surface area contributed by atoms with Crippen molar-refractivity contribution in [3.8, 4) is 35.0 Å². The summed E-state index contributed by atoms with van der Waals surface area (Å²) in [5.74, 6) is -1.54. The third-order valence-corrected chi connectivity index (χ3v) is 3.77. The number of aromatic nitrogens is 2. The van der Waals surface area contributed by atoms with Gasteiger partial charge in [-0.15, -0.1) is 5.10 Å². The van der Waals surface area contributed by atoms with E-state index in [1.54, 1.807) is 13.0 Å². The molecule has 1 heterocycles. The second-order valence-electron chi connectivity index (χ2n) is 5.68. The molecule has 2 aromatic carbocycles. The van der Waals surface area contributed by atoms with Crippen LogP contribution < -0.4 is 4.74 Å². The van der Waals surface area contributed by atoms with E-state index in [-0.39, 0.29) is 40.6 Å². The fourth-order valence-corrected chi connectivity index (χ4v) is 2.58. The van der Waals surface area contributed by atoms with E-state index in [4.69, 9.17) is 20.0 Å². The lowest BCUT2D eigenvalue weighted by atomic mass is 10.1. The summed E-state index contributed by atoms with van der Waals surface area (Å²) in [4.78, 5) is 11.6. The van der Waals surface area contributed by atoms with Gasteiger partial charge in [0.25, 0.3) is 0 Å². The summed E-state index contributed by atoms with van der Waals surface area (Å²) in [6.45, 7) is 1.69. The highest BCUT2D eigenvalue weighted by Gasteiger charge is 2.18. The second-order valence-corrected chi connectivity index (χ2v) is 5.68. The Morgan fingerprint density at radius 2 is 1.93 bits per heavy atom. The van der Waals surface area contributed by atoms with Crippen molar-refractivity contribution >= 4 is 6.16 Å². The number of halogens is 2. The van der Waals surface area contributed by atoms with Gasteiger partial charge in [0, 0.05) is 11.6 Å². The maximum absolute atomic E-state index is 13.9. The highest BCUT2D eigenvalue weighted by Crippen LogP contribution is 2.29. The molecule has 1 aromatic heterocycles. The van der Waals surface area contributed by atoms with E-state index in [2.05, 4.69) is 5.10 Å². The van der Waals surface area contributed by atoms with Crippen molar-refractivity contribution in [2.24, 2.45) is 0 Å². The van der Waals surface area contributed by atoms with Crippen LogP contribution in [0.2, 0.25) is 0 Å². The van der Waals surface area contributed by atoms with Crippen molar-refractivity contribution < 1.29 is 23.0 Å². The molecule has 0 atom stereocenters. The van der Waals surface area contributed by atoms with Gasteiger partial charge in [0.1, 0.15) is 17.7 Å². The van der Waals surface area contributed by atoms with Crippen LogP contribution in [0.3, 0.4) is 0 Å². The molecule has 0 unspecified atom stereocenters. The van der Waals surface area contributed by atoms with Crippen LogP contribution in [0, 0.1) is 34.3 Å². The molecule has 0 aliphatic rings. The zero-order valence-corrected chi connectivity index (χ0v) is 15.0. The molecule has 0 bridgehead atoms. The monoisotopic (exact) mass is 394 g/mol. The summed E-state index contributed by atoms with van der Waals surface area (Å²) in [7, 11) is 0. The average molecular weight is 394 g/mol. The van der Waals surface area contributed by atoms with E-state index in [1.165, 1.54) is 28.9 Å². The van der Waals surface area contributed by atoms with Crippen LogP contribution in [0.15, 0.2) is 42.5 Å². The fraction of sp³-hybridized carbons (Fsp3) is 0.100. The fourth-order valence-electron chi connectivity index (χ4n) is 2.58. The van der Waals surface area contributed by atoms with Crippen LogP contribution in [-0.2, 0) is 4.74 Å². The largest absolute Gasteiger partial charge is 0.515 e. The zero-order valence-electron chi connectivity index (χ0n) is 15.0. The SMILES string of the molecule is CCOC(=O)Oc1cc(-c2cc(F)cc(C#N)c2)n(-c2ccc(F)c(C#N)c2)n1. The van der Waals surface area contributed by atoms with Crippen LogP contribution in [0.4, 0.5) is 13.6 Å². The lowest BCUT2D eigenvalue weighted by Gasteiger charge is -2.08. The van der Waals surface area contributed by atoms with E-state index in [1.807, 2.05) is 6.07 Å². The normalized spacial score (nSPS) is 10.1. The molecule has 0 aliphatic heterocycles. The summed E-state index contributed by atoms with van der Waals surface area (Å²) < 4.78 is 38.6. The van der Waals surface area contributed by atoms with Gasteiger partial charge in [0.05, 0.1) is 35.2 Å². The Morgan fingerprint density at radius 3 is 2.62 bits per heavy atom. The predicted octanol–water partition coefficient (Wildman–Crippen LogP) is 4.10. The molecular weight excluding hydrogens is 382 g/mol. The van der Waals surface area contributed by atoms with Gasteiger partial charge in [-0.3, -0.25) is 0 Å². The summed E-state index contributed by atoms with van der Waals surface area (Å²) in [6, 6.07) is 12.2. The van der Waals surface area contributed by atoms with Gasteiger partial charge < -0.3 is 9.47 Å². The van der Waals surface area contributed by atoms with Gasteiger partial charge in [-0.25, -0.2) is 18.3 Å². The Labute approximate surface area is 163 Å². The summed E-state index contributed by atoms with van der Waals surface area (Å²) in [6.07, 6.45) is -0.988. The quantitative estimate of drug-likeness (QED) is 0.618. The first-order valence-corrected chi connectivity index (χ1v) is 8.31. The molecule has 0 N–H and O–H groups in total. The molecule has 3 aromatic rings. The molecule has 0 aliphatic carbocycles. The number of nitriles is 2. The van der Waals surface area contributed by atoms with Crippen LogP contribution in [0.5, 0.6) is 5.88 Å². The van der Waals surface area contributed by atoms with Gasteiger partial charge in [-0.2, -0.15) is 10.5 Å². The molecule has 0 saturated heterocycles. The predicted molar refractivity (Wildman–Crippen MR) is 96.0 cm³/mol. The van der Waals surface area contributed by atoms with Crippen molar-refractivity contribution in [1.82, 2.24) is 9.78 Å². The van der Waals surface area contributed by atoms with Crippen molar-refractivity contribution in [3.63, 3.8) is 0 Å². The summed E-state index contributed by atoms with van der Waals surface area (Å²) in [5.41, 5.74) is 0.608. The first-order chi connectivity index (χ1) is 13.9. The minimum atomic E-state index is -0.988. The topological polar surface area (TPSA) is 101 Å². The van der Waals surface area contributed by atoms with Crippen LogP contribution in [0.1, 0.15) is 18.1 Å². The maximum Gasteiger partial charge on any atom is 0.515 e. The highest BCUT2D eigenvalue weighted by atomic mass is 19.1. The van der Waals surface area contributed by atoms with E-state index >= 15 is 0 Å². The molecule has 0 spiro atoms. The van der Waals surface area contributed by atoms with Gasteiger partial charge in [0.15, 0.2) is 0 Å². The molecule has 7 nitrogen and oxygen atoms in total. The number of benzene rings is 2. The minimum absolute atomic E-state index is 0.0671. The molecule has 29 heavy (non-hydrogen) atoms. The Balaban J connectivity index is 2.17. The number of hydrogen-bond donors (Lipinski definition) is 0. The molecule has 144 valence electrons. The maximum atomic E-state index is 13.9. The standard InChI is InChI=1S/C20H12F2N4O3/c1-2-28-20(27)29-19-9-18(13-5-12(10-23)6-15(21)7-13)26(25-19)16-3-4-17(22)14(8-16)11-24/h3-9H,2H2,1H3. The smallest absolute Gasteiger partial charge is 0.434 e. The van der Waals surface area contributed by atoms with E-state index in [0.717, 1.165) is 18.2 Å². The first-order valence-electron chi connectivity index (χ1n) is 8.31. The molecule has 0 radical (unpaired) electrons. The van der Waals surface area contributed by atoms with Crippen molar-refractivity contribution in [2.75, 3.05) is 6.61 Å². The minimum Gasteiger partial charge on any atom is -0.434 e. The van der Waals surface area contributed by atoms with Crippen molar-refractivity contribution in [2.45, 2.75) is 6.92 Å². The van der Waals surface area contributed by atoms with Crippen LogP contribution >= 0.6 is 0 Å². The van der Waals surface area contributed by atoms with Gasteiger partial charge in [-0.1, -0.05) is 0 Å². The lowest BCUT2D eigenvalue weighted by molar-refractivity contribution is 0.102. The first kappa shape index (κ1) is 19.5. The molecule has 0 saturated carbocycles. The van der Waals surface area contributed by atoms with E-state index in [9.17, 15) is 13.6 Å². The highest BCUT2D eigenvalue weighted by molar-refractivity contribution is 5.68. The van der Waals surface area contributed by atoms with Gasteiger partial charge >= 0.3 is 6.16 Å². The number of ether oxygens (including phenoxy) is 2. The molecule has 0 fully saturated rings. The number of hydrogen-bond acceptors (Lipinski definition) is 6. The summed E-state index contributed by atoms with van der Waals surface area (Å²) >= 11 is 0. The Kier molecular flexibility index (Phi) is 5.51.